The molecule has 0 atom stereocenters. The van der Waals surface area contributed by atoms with Crippen LogP contribution < -0.4 is 10.6 Å². The van der Waals surface area contributed by atoms with Crippen LogP contribution in [0.2, 0.25) is 0 Å². The van der Waals surface area contributed by atoms with Gasteiger partial charge in [0.25, 0.3) is 5.69 Å². The highest BCUT2D eigenvalue weighted by Crippen LogP contribution is 2.23. The van der Waals surface area contributed by atoms with Gasteiger partial charge in [0.05, 0.1) is 36.9 Å². The van der Waals surface area contributed by atoms with Crippen LogP contribution in [0.25, 0.3) is 0 Å². The molecule has 0 aliphatic carbocycles. The number of rotatable bonds is 8. The van der Waals surface area contributed by atoms with Crippen molar-refractivity contribution in [1.29, 1.82) is 0 Å². The van der Waals surface area contributed by atoms with Gasteiger partial charge in [0, 0.05) is 6.54 Å². The maximum Gasteiger partial charge on any atom is 0.276 e. The van der Waals surface area contributed by atoms with Gasteiger partial charge in [-0.15, -0.1) is 0 Å². The van der Waals surface area contributed by atoms with E-state index in [4.69, 9.17) is 0 Å². The molecule has 0 saturated heterocycles. The number of aliphatic hydroxyl groups excluding tert-OH is 3. The minimum atomic E-state index is -1.40. The van der Waals surface area contributed by atoms with E-state index in [-0.39, 0.29) is 17.3 Å². The lowest BCUT2D eigenvalue weighted by Gasteiger charge is -2.29. The van der Waals surface area contributed by atoms with Crippen molar-refractivity contribution in [3.63, 3.8) is 0 Å². The van der Waals surface area contributed by atoms with Crippen LogP contribution in [0.3, 0.4) is 0 Å². The first-order valence-corrected chi connectivity index (χ1v) is 6.01. The SMILES string of the molecule is CCNc1cc([N+](=O)[O-])cc(NC(CO)(CO)CO)n1. The van der Waals surface area contributed by atoms with Gasteiger partial charge in [-0.3, -0.25) is 10.1 Å². The molecule has 1 aromatic rings. The lowest BCUT2D eigenvalue weighted by atomic mass is 10.0. The third-order valence-corrected chi connectivity index (χ3v) is 2.68. The Hall–Kier alpha value is -1.97. The standard InChI is InChI=1S/C11H18N4O5/c1-2-12-9-3-8(15(19)20)4-10(13-9)14-11(5-16,6-17)7-18/h3-4,16-18H,2,5-7H2,1H3,(H2,12,13,14). The molecule has 9 nitrogen and oxygen atoms in total. The molecular weight excluding hydrogens is 268 g/mol. The van der Waals surface area contributed by atoms with E-state index in [1.54, 1.807) is 0 Å². The van der Waals surface area contributed by atoms with Crippen molar-refractivity contribution in [3.05, 3.63) is 22.2 Å². The molecule has 0 spiro atoms. The van der Waals surface area contributed by atoms with Crippen molar-refractivity contribution in [2.75, 3.05) is 37.0 Å². The minimum Gasteiger partial charge on any atom is -0.394 e. The van der Waals surface area contributed by atoms with Crippen molar-refractivity contribution in [1.82, 2.24) is 4.98 Å². The van der Waals surface area contributed by atoms with Gasteiger partial charge in [0.1, 0.15) is 17.2 Å². The lowest BCUT2D eigenvalue weighted by molar-refractivity contribution is -0.384. The summed E-state index contributed by atoms with van der Waals surface area (Å²) in [4.78, 5) is 14.4. The third-order valence-electron chi connectivity index (χ3n) is 2.68. The summed E-state index contributed by atoms with van der Waals surface area (Å²) in [6, 6.07) is 2.43. The molecule has 0 amide bonds. The van der Waals surface area contributed by atoms with Gasteiger partial charge in [-0.25, -0.2) is 4.98 Å². The Morgan fingerprint density at radius 2 is 1.80 bits per heavy atom. The summed E-state index contributed by atoms with van der Waals surface area (Å²) in [7, 11) is 0. The Morgan fingerprint density at radius 3 is 2.25 bits per heavy atom. The van der Waals surface area contributed by atoms with E-state index in [0.29, 0.717) is 6.54 Å². The monoisotopic (exact) mass is 286 g/mol. The summed E-state index contributed by atoms with van der Waals surface area (Å²) in [6.45, 7) is 0.675. The normalized spacial score (nSPS) is 11.2. The third kappa shape index (κ3) is 3.76. The zero-order valence-electron chi connectivity index (χ0n) is 11.0. The second kappa shape index (κ2) is 6.98. The van der Waals surface area contributed by atoms with Crippen LogP contribution in [-0.2, 0) is 0 Å². The fraction of sp³-hybridized carbons (Fsp3) is 0.545. The van der Waals surface area contributed by atoms with Crippen molar-refractivity contribution in [2.24, 2.45) is 0 Å². The van der Waals surface area contributed by atoms with Crippen LogP contribution >= 0.6 is 0 Å². The van der Waals surface area contributed by atoms with Crippen molar-refractivity contribution in [3.8, 4) is 0 Å². The van der Waals surface area contributed by atoms with E-state index in [0.717, 1.165) is 6.07 Å². The molecule has 1 aromatic heterocycles. The first-order valence-electron chi connectivity index (χ1n) is 6.01. The molecule has 0 aromatic carbocycles. The van der Waals surface area contributed by atoms with Crippen LogP contribution in [0.5, 0.6) is 0 Å². The predicted octanol–water partition coefficient (Wildman–Crippen LogP) is -0.451. The summed E-state index contributed by atoms with van der Waals surface area (Å²) in [5.41, 5.74) is -1.59. The highest BCUT2D eigenvalue weighted by Gasteiger charge is 2.29. The average molecular weight is 286 g/mol. The number of nitrogens with one attached hydrogen (secondary N) is 2. The highest BCUT2D eigenvalue weighted by atomic mass is 16.6. The zero-order valence-corrected chi connectivity index (χ0v) is 11.0. The molecule has 1 rings (SSSR count). The largest absolute Gasteiger partial charge is 0.394 e. The summed E-state index contributed by atoms with van der Waals surface area (Å²) < 4.78 is 0. The number of hydrogen-bond donors (Lipinski definition) is 5. The van der Waals surface area contributed by atoms with E-state index in [2.05, 4.69) is 15.6 Å². The van der Waals surface area contributed by atoms with Crippen LogP contribution in [0, 0.1) is 10.1 Å². The van der Waals surface area contributed by atoms with Gasteiger partial charge in [0.15, 0.2) is 0 Å². The zero-order chi connectivity index (χ0) is 15.2. The molecule has 0 radical (unpaired) electrons. The number of nitro groups is 1. The molecule has 112 valence electrons. The topological polar surface area (TPSA) is 141 Å². The number of nitrogens with zero attached hydrogens (tertiary/aromatic N) is 2. The summed E-state index contributed by atoms with van der Waals surface area (Å²) in [6.07, 6.45) is 0. The maximum atomic E-state index is 10.9. The molecule has 0 fully saturated rings. The number of pyridine rings is 1. The molecular formula is C11H18N4O5. The Labute approximate surface area is 115 Å². The molecule has 0 bridgehead atoms. The van der Waals surface area contributed by atoms with Crippen molar-refractivity contribution >= 4 is 17.3 Å². The van der Waals surface area contributed by atoms with Crippen molar-refractivity contribution in [2.45, 2.75) is 12.5 Å². The molecule has 0 saturated carbocycles. The molecule has 0 aliphatic heterocycles. The first kappa shape index (κ1) is 16.1. The predicted molar refractivity (Wildman–Crippen MR) is 72.7 cm³/mol. The van der Waals surface area contributed by atoms with Gasteiger partial charge < -0.3 is 26.0 Å². The van der Waals surface area contributed by atoms with Crippen LogP contribution in [0.15, 0.2) is 12.1 Å². The smallest absolute Gasteiger partial charge is 0.276 e. The Kier molecular flexibility index (Phi) is 5.62. The lowest BCUT2D eigenvalue weighted by Crippen LogP contribution is -2.49. The van der Waals surface area contributed by atoms with E-state index in [1.807, 2.05) is 6.92 Å². The highest BCUT2D eigenvalue weighted by molar-refractivity contribution is 5.55. The van der Waals surface area contributed by atoms with E-state index < -0.39 is 30.3 Å². The molecule has 0 unspecified atom stereocenters. The number of aromatic nitrogens is 1. The van der Waals surface area contributed by atoms with Gasteiger partial charge in [-0.1, -0.05) is 0 Å². The Balaban J connectivity index is 3.12. The molecule has 1 heterocycles. The van der Waals surface area contributed by atoms with Gasteiger partial charge in [0.2, 0.25) is 0 Å². The minimum absolute atomic E-state index is 0.0762. The van der Waals surface area contributed by atoms with Crippen molar-refractivity contribution < 1.29 is 20.2 Å². The average Bonchev–Trinajstić information content (AvgIpc) is 2.45. The Bertz CT molecular complexity index is 456. The Morgan fingerprint density at radius 1 is 1.25 bits per heavy atom. The number of aliphatic hydroxyl groups is 3. The second-order valence-corrected chi connectivity index (χ2v) is 4.26. The number of hydrogen-bond acceptors (Lipinski definition) is 8. The van der Waals surface area contributed by atoms with Crippen LogP contribution in [0.1, 0.15) is 6.92 Å². The van der Waals surface area contributed by atoms with E-state index in [1.165, 1.54) is 6.07 Å². The molecule has 9 heteroatoms. The summed E-state index contributed by atoms with van der Waals surface area (Å²) in [5, 5.41) is 44.0. The molecule has 20 heavy (non-hydrogen) atoms. The quantitative estimate of drug-likeness (QED) is 0.319. The molecule has 5 N–H and O–H groups in total. The summed E-state index contributed by atoms with van der Waals surface area (Å²) >= 11 is 0. The van der Waals surface area contributed by atoms with Crippen LogP contribution in [0.4, 0.5) is 17.3 Å². The van der Waals surface area contributed by atoms with Crippen LogP contribution in [-0.4, -0.2) is 57.1 Å². The van der Waals surface area contributed by atoms with Gasteiger partial charge in [-0.05, 0) is 6.92 Å². The summed E-state index contributed by atoms with van der Waals surface area (Å²) in [5.74, 6) is 0.360. The van der Waals surface area contributed by atoms with E-state index in [9.17, 15) is 25.4 Å². The van der Waals surface area contributed by atoms with Gasteiger partial charge in [-0.2, -0.15) is 0 Å². The fourth-order valence-corrected chi connectivity index (χ4v) is 1.50. The fourth-order valence-electron chi connectivity index (χ4n) is 1.50. The first-order chi connectivity index (χ1) is 9.50. The maximum absolute atomic E-state index is 10.9. The number of anilines is 2. The van der Waals surface area contributed by atoms with Gasteiger partial charge >= 0.3 is 0 Å². The van der Waals surface area contributed by atoms with E-state index >= 15 is 0 Å². The molecule has 0 aliphatic rings. The second-order valence-electron chi connectivity index (χ2n) is 4.26.